The summed E-state index contributed by atoms with van der Waals surface area (Å²) in [6, 6.07) is 17.8. The summed E-state index contributed by atoms with van der Waals surface area (Å²) in [5.74, 6) is -0.217. The molecule has 5 nitrogen and oxygen atoms in total. The van der Waals surface area contributed by atoms with Gasteiger partial charge in [0.2, 0.25) is 0 Å². The molecule has 0 saturated heterocycles. The van der Waals surface area contributed by atoms with Gasteiger partial charge in [-0.2, -0.15) is 5.10 Å². The minimum atomic E-state index is -0.612. The fourth-order valence-electron chi connectivity index (χ4n) is 3.32. The maximum atomic E-state index is 13.1. The van der Waals surface area contributed by atoms with Crippen LogP contribution in [0.1, 0.15) is 30.3 Å². The number of hydrogen-bond donors (Lipinski definition) is 0. The first kappa shape index (κ1) is 19.2. The number of hydrogen-bond acceptors (Lipinski definition) is 4. The maximum Gasteiger partial charge on any atom is 0.364 e. The van der Waals surface area contributed by atoms with Gasteiger partial charge in [0, 0.05) is 27.7 Å². The minimum Gasteiger partial charge on any atom is -0.421 e. The van der Waals surface area contributed by atoms with Gasteiger partial charge in [-0.05, 0) is 24.6 Å². The van der Waals surface area contributed by atoms with E-state index in [2.05, 4.69) is 5.10 Å². The number of nitrogens with zero attached hydrogens (tertiary/aromatic N) is 2. The van der Waals surface area contributed by atoms with E-state index in [4.69, 9.17) is 16.3 Å². The number of unbranched alkanes of at least 4 members (excludes halogenated alkanes) is 1. The second-order valence-corrected chi connectivity index (χ2v) is 7.16. The molecule has 146 valence electrons. The van der Waals surface area contributed by atoms with Crippen LogP contribution in [-0.2, 0) is 6.54 Å². The number of aromatic nitrogens is 2. The third kappa shape index (κ3) is 3.61. The molecule has 4 aromatic rings. The Morgan fingerprint density at radius 3 is 2.34 bits per heavy atom. The quantitative estimate of drug-likeness (QED) is 0.336. The lowest BCUT2D eigenvalue weighted by Crippen LogP contribution is -2.27. The molecular weight excluding hydrogens is 388 g/mol. The SMILES string of the molecule is CCCCn1nc(C(=O)Oc2ccc(Cl)c3ccccc23)c2ccccc2c1=O. The van der Waals surface area contributed by atoms with Crippen molar-refractivity contribution in [3.8, 4) is 5.75 Å². The number of fused-ring (bicyclic) bond motifs is 2. The van der Waals surface area contributed by atoms with E-state index in [0.29, 0.717) is 28.1 Å². The number of benzene rings is 3. The molecule has 0 unspecified atom stereocenters. The molecule has 0 radical (unpaired) electrons. The Balaban J connectivity index is 1.81. The van der Waals surface area contributed by atoms with Crippen molar-refractivity contribution in [3.05, 3.63) is 81.7 Å². The van der Waals surface area contributed by atoms with E-state index in [1.54, 1.807) is 36.4 Å². The summed E-state index contributed by atoms with van der Waals surface area (Å²) in [7, 11) is 0. The number of carbonyl (C=O) groups is 1. The van der Waals surface area contributed by atoms with Gasteiger partial charge < -0.3 is 4.74 Å². The molecule has 1 heterocycles. The molecule has 0 aliphatic heterocycles. The van der Waals surface area contributed by atoms with Gasteiger partial charge in [0.25, 0.3) is 5.56 Å². The number of ether oxygens (including phenoxy) is 1. The molecule has 6 heteroatoms. The van der Waals surface area contributed by atoms with Crippen LogP contribution in [0, 0.1) is 0 Å². The molecule has 1 aromatic heterocycles. The number of esters is 1. The van der Waals surface area contributed by atoms with Crippen LogP contribution in [0.4, 0.5) is 0 Å². The van der Waals surface area contributed by atoms with E-state index in [1.807, 2.05) is 31.2 Å². The van der Waals surface area contributed by atoms with Crippen LogP contribution in [0.15, 0.2) is 65.5 Å². The van der Waals surface area contributed by atoms with Crippen LogP contribution >= 0.6 is 11.6 Å². The standard InChI is InChI=1S/C23H19ClN2O3/c1-2-3-14-26-22(27)18-11-7-6-10-17(18)21(25-26)23(28)29-20-13-12-19(24)15-8-4-5-9-16(15)20/h4-13H,2-3,14H2,1H3. The van der Waals surface area contributed by atoms with Gasteiger partial charge in [-0.1, -0.05) is 67.4 Å². The Kier molecular flexibility index (Phi) is 5.32. The number of carbonyl (C=O) groups excluding carboxylic acids is 1. The van der Waals surface area contributed by atoms with Crippen LogP contribution < -0.4 is 10.3 Å². The van der Waals surface area contributed by atoms with Gasteiger partial charge >= 0.3 is 5.97 Å². The molecule has 0 saturated carbocycles. The lowest BCUT2D eigenvalue weighted by molar-refractivity contribution is 0.0730. The largest absolute Gasteiger partial charge is 0.421 e. The number of aryl methyl sites for hydroxylation is 1. The summed E-state index contributed by atoms with van der Waals surface area (Å²) in [5, 5.41) is 7.38. The highest BCUT2D eigenvalue weighted by atomic mass is 35.5. The predicted octanol–water partition coefficient (Wildman–Crippen LogP) is 5.22. The van der Waals surface area contributed by atoms with Crippen molar-refractivity contribution >= 4 is 39.1 Å². The molecule has 0 aliphatic carbocycles. The van der Waals surface area contributed by atoms with Crippen molar-refractivity contribution in [1.82, 2.24) is 9.78 Å². The zero-order valence-corrected chi connectivity index (χ0v) is 16.6. The van der Waals surface area contributed by atoms with E-state index < -0.39 is 5.97 Å². The van der Waals surface area contributed by atoms with Gasteiger partial charge in [-0.25, -0.2) is 9.48 Å². The van der Waals surface area contributed by atoms with Crippen molar-refractivity contribution in [1.29, 1.82) is 0 Å². The summed E-state index contributed by atoms with van der Waals surface area (Å²) >= 11 is 6.26. The lowest BCUT2D eigenvalue weighted by Gasteiger charge is -2.12. The molecule has 0 spiro atoms. The third-order valence-electron chi connectivity index (χ3n) is 4.82. The van der Waals surface area contributed by atoms with Crippen LogP contribution in [0.3, 0.4) is 0 Å². The first-order chi connectivity index (χ1) is 14.1. The van der Waals surface area contributed by atoms with Crippen molar-refractivity contribution in [2.75, 3.05) is 0 Å². The van der Waals surface area contributed by atoms with Crippen LogP contribution in [-0.4, -0.2) is 15.7 Å². The van der Waals surface area contributed by atoms with Gasteiger partial charge in [-0.15, -0.1) is 0 Å². The van der Waals surface area contributed by atoms with Crippen LogP contribution in [0.5, 0.6) is 5.75 Å². The molecule has 29 heavy (non-hydrogen) atoms. The average Bonchev–Trinajstić information content (AvgIpc) is 2.75. The van der Waals surface area contributed by atoms with Crippen molar-refractivity contribution in [2.24, 2.45) is 0 Å². The molecule has 0 bridgehead atoms. The lowest BCUT2D eigenvalue weighted by atomic mass is 10.1. The molecule has 0 atom stereocenters. The minimum absolute atomic E-state index is 0.121. The summed E-state index contributed by atoms with van der Waals surface area (Å²) in [6.45, 7) is 2.48. The Morgan fingerprint density at radius 1 is 0.966 bits per heavy atom. The monoisotopic (exact) mass is 406 g/mol. The van der Waals surface area contributed by atoms with Gasteiger partial charge in [0.1, 0.15) is 5.75 Å². The fourth-order valence-corrected chi connectivity index (χ4v) is 3.54. The number of rotatable bonds is 5. The normalized spacial score (nSPS) is 11.1. The highest BCUT2D eigenvalue weighted by Crippen LogP contribution is 2.31. The molecule has 3 aromatic carbocycles. The Morgan fingerprint density at radius 2 is 1.62 bits per heavy atom. The van der Waals surface area contributed by atoms with Crippen molar-refractivity contribution in [2.45, 2.75) is 26.3 Å². The zero-order chi connectivity index (χ0) is 20.4. The van der Waals surface area contributed by atoms with Crippen molar-refractivity contribution < 1.29 is 9.53 Å². The third-order valence-corrected chi connectivity index (χ3v) is 5.15. The number of halogens is 1. The second kappa shape index (κ2) is 8.05. The van der Waals surface area contributed by atoms with E-state index in [9.17, 15) is 9.59 Å². The summed E-state index contributed by atoms with van der Waals surface area (Å²) < 4.78 is 7.05. The Hall–Kier alpha value is -3.18. The summed E-state index contributed by atoms with van der Waals surface area (Å²) in [5.41, 5.74) is -0.0853. The molecule has 0 fully saturated rings. The smallest absolute Gasteiger partial charge is 0.364 e. The highest BCUT2D eigenvalue weighted by molar-refractivity contribution is 6.35. The Bertz CT molecular complexity index is 1280. The molecule has 4 rings (SSSR count). The topological polar surface area (TPSA) is 61.2 Å². The Labute approximate surface area is 172 Å². The summed E-state index contributed by atoms with van der Waals surface area (Å²) in [4.78, 5) is 25.8. The predicted molar refractivity (Wildman–Crippen MR) is 115 cm³/mol. The van der Waals surface area contributed by atoms with Gasteiger partial charge in [-0.3, -0.25) is 4.79 Å². The molecular formula is C23H19ClN2O3. The average molecular weight is 407 g/mol. The second-order valence-electron chi connectivity index (χ2n) is 6.76. The molecule has 0 amide bonds. The summed E-state index contributed by atoms with van der Waals surface area (Å²) in [6.07, 6.45) is 1.71. The maximum absolute atomic E-state index is 13.1. The first-order valence-electron chi connectivity index (χ1n) is 9.49. The van der Waals surface area contributed by atoms with E-state index in [0.717, 1.165) is 23.6 Å². The van der Waals surface area contributed by atoms with E-state index >= 15 is 0 Å². The van der Waals surface area contributed by atoms with E-state index in [-0.39, 0.29) is 11.3 Å². The van der Waals surface area contributed by atoms with Crippen LogP contribution in [0.2, 0.25) is 5.02 Å². The fraction of sp³-hybridized carbons (Fsp3) is 0.174. The van der Waals surface area contributed by atoms with Gasteiger partial charge in [0.15, 0.2) is 5.69 Å². The highest BCUT2D eigenvalue weighted by Gasteiger charge is 2.19. The molecule has 0 aliphatic rings. The van der Waals surface area contributed by atoms with Crippen molar-refractivity contribution in [3.63, 3.8) is 0 Å². The van der Waals surface area contributed by atoms with Gasteiger partial charge in [0.05, 0.1) is 5.39 Å². The van der Waals surface area contributed by atoms with E-state index in [1.165, 1.54) is 4.68 Å². The van der Waals surface area contributed by atoms with Crippen LogP contribution in [0.25, 0.3) is 21.5 Å². The molecule has 0 N–H and O–H groups in total. The first-order valence-corrected chi connectivity index (χ1v) is 9.87. The zero-order valence-electron chi connectivity index (χ0n) is 15.9.